The van der Waals surface area contributed by atoms with Crippen LogP contribution in [-0.2, 0) is 17.9 Å². The second-order valence-electron chi connectivity index (χ2n) is 6.18. The molecule has 0 bridgehead atoms. The fraction of sp³-hybridized carbons (Fsp3) is 0.350. The molecule has 1 aliphatic heterocycles. The number of rotatable bonds is 6. The van der Waals surface area contributed by atoms with Crippen LogP contribution in [0.15, 0.2) is 53.5 Å². The number of benzene rings is 2. The number of ether oxygens (including phenoxy) is 1. The molecule has 0 unspecified atom stereocenters. The fourth-order valence-electron chi connectivity index (χ4n) is 2.91. The number of nitrogens with two attached hydrogens (primary N) is 1. The first-order chi connectivity index (χ1) is 12.8. The normalized spacial score (nSPS) is 15.1. The zero-order valence-electron chi connectivity index (χ0n) is 15.1. The smallest absolute Gasteiger partial charge is 0.193 e. The Labute approximate surface area is 159 Å². The SMILES string of the molecule is COCc1ccccc1NC(N)=NCc1ccc(N2CCSCC2)cc1. The van der Waals surface area contributed by atoms with Gasteiger partial charge in [-0.1, -0.05) is 30.3 Å². The summed E-state index contributed by atoms with van der Waals surface area (Å²) in [5.41, 5.74) is 10.5. The van der Waals surface area contributed by atoms with Gasteiger partial charge in [0.25, 0.3) is 0 Å². The Bertz CT molecular complexity index is 727. The van der Waals surface area contributed by atoms with Crippen LogP contribution < -0.4 is 16.0 Å². The molecule has 0 saturated carbocycles. The van der Waals surface area contributed by atoms with Crippen LogP contribution in [0.2, 0.25) is 0 Å². The topological polar surface area (TPSA) is 62.9 Å². The number of hydrogen-bond donors (Lipinski definition) is 2. The molecule has 0 aliphatic carbocycles. The summed E-state index contributed by atoms with van der Waals surface area (Å²) < 4.78 is 5.21. The minimum atomic E-state index is 0.408. The van der Waals surface area contributed by atoms with Crippen molar-refractivity contribution in [1.82, 2.24) is 0 Å². The van der Waals surface area contributed by atoms with Crippen molar-refractivity contribution < 1.29 is 4.74 Å². The largest absolute Gasteiger partial charge is 0.380 e. The lowest BCUT2D eigenvalue weighted by molar-refractivity contribution is 0.185. The van der Waals surface area contributed by atoms with E-state index in [1.54, 1.807) is 7.11 Å². The van der Waals surface area contributed by atoms with Crippen molar-refractivity contribution >= 4 is 29.1 Å². The van der Waals surface area contributed by atoms with Gasteiger partial charge in [-0.15, -0.1) is 0 Å². The summed E-state index contributed by atoms with van der Waals surface area (Å²) >= 11 is 2.02. The Morgan fingerprint density at radius 1 is 1.15 bits per heavy atom. The minimum absolute atomic E-state index is 0.408. The zero-order valence-corrected chi connectivity index (χ0v) is 16.0. The summed E-state index contributed by atoms with van der Waals surface area (Å²) in [6, 6.07) is 16.6. The molecule has 5 nitrogen and oxygen atoms in total. The van der Waals surface area contributed by atoms with Gasteiger partial charge in [0.05, 0.1) is 13.2 Å². The molecule has 1 aliphatic rings. The number of hydrogen-bond acceptors (Lipinski definition) is 4. The van der Waals surface area contributed by atoms with Crippen LogP contribution in [0.5, 0.6) is 0 Å². The van der Waals surface area contributed by atoms with Crippen molar-refractivity contribution in [2.75, 3.05) is 41.9 Å². The van der Waals surface area contributed by atoms with Gasteiger partial charge in [-0.3, -0.25) is 0 Å². The standard InChI is InChI=1S/C20H26N4OS/c1-25-15-17-4-2-3-5-19(17)23-20(21)22-14-16-6-8-18(9-7-16)24-10-12-26-13-11-24/h2-9H,10-15H2,1H3,(H3,21,22,23). The number of para-hydroxylation sites is 1. The highest BCUT2D eigenvalue weighted by Crippen LogP contribution is 2.20. The second kappa shape index (κ2) is 9.50. The van der Waals surface area contributed by atoms with E-state index in [0.717, 1.165) is 29.9 Å². The number of thioether (sulfide) groups is 1. The second-order valence-corrected chi connectivity index (χ2v) is 7.41. The van der Waals surface area contributed by atoms with Crippen LogP contribution in [0, 0.1) is 0 Å². The maximum Gasteiger partial charge on any atom is 0.193 e. The fourth-order valence-corrected chi connectivity index (χ4v) is 3.81. The van der Waals surface area contributed by atoms with E-state index in [4.69, 9.17) is 10.5 Å². The van der Waals surface area contributed by atoms with Crippen LogP contribution in [0.4, 0.5) is 11.4 Å². The molecule has 1 fully saturated rings. The average molecular weight is 371 g/mol. The van der Waals surface area contributed by atoms with E-state index in [0.29, 0.717) is 19.1 Å². The molecule has 0 spiro atoms. The van der Waals surface area contributed by atoms with Crippen LogP contribution >= 0.6 is 11.8 Å². The quantitative estimate of drug-likeness (QED) is 0.603. The highest BCUT2D eigenvalue weighted by molar-refractivity contribution is 7.99. The van der Waals surface area contributed by atoms with Crippen LogP contribution in [0.3, 0.4) is 0 Å². The molecular weight excluding hydrogens is 344 g/mol. The lowest BCUT2D eigenvalue weighted by Gasteiger charge is -2.28. The lowest BCUT2D eigenvalue weighted by Crippen LogP contribution is -2.32. The Balaban J connectivity index is 1.58. The Morgan fingerprint density at radius 2 is 1.88 bits per heavy atom. The van der Waals surface area contributed by atoms with Gasteiger partial charge in [0, 0.05) is 48.6 Å². The molecule has 138 valence electrons. The van der Waals surface area contributed by atoms with Crippen molar-refractivity contribution in [3.05, 3.63) is 59.7 Å². The molecule has 1 heterocycles. The van der Waals surface area contributed by atoms with Crippen LogP contribution in [0.1, 0.15) is 11.1 Å². The van der Waals surface area contributed by atoms with Crippen LogP contribution in [-0.4, -0.2) is 37.7 Å². The van der Waals surface area contributed by atoms with Gasteiger partial charge in [0.1, 0.15) is 0 Å². The van der Waals surface area contributed by atoms with Crippen molar-refractivity contribution in [3.8, 4) is 0 Å². The number of nitrogens with one attached hydrogen (secondary N) is 1. The predicted octanol–water partition coefficient (Wildman–Crippen LogP) is 3.31. The number of aliphatic imine (C=N–C) groups is 1. The van der Waals surface area contributed by atoms with Gasteiger partial charge in [0.15, 0.2) is 5.96 Å². The molecule has 6 heteroatoms. The third-order valence-electron chi connectivity index (χ3n) is 4.32. The summed E-state index contributed by atoms with van der Waals surface area (Å²) in [5.74, 6) is 2.82. The molecule has 2 aromatic carbocycles. The third kappa shape index (κ3) is 5.16. The summed E-state index contributed by atoms with van der Waals surface area (Å²) in [4.78, 5) is 6.90. The van der Waals surface area contributed by atoms with Gasteiger partial charge in [-0.05, 0) is 23.8 Å². The minimum Gasteiger partial charge on any atom is -0.380 e. The molecule has 0 atom stereocenters. The highest BCUT2D eigenvalue weighted by Gasteiger charge is 2.10. The Morgan fingerprint density at radius 3 is 2.62 bits per heavy atom. The molecule has 0 amide bonds. The maximum atomic E-state index is 6.05. The van der Waals surface area contributed by atoms with E-state index in [1.165, 1.54) is 17.2 Å². The first kappa shape index (κ1) is 18.6. The zero-order chi connectivity index (χ0) is 18.2. The summed E-state index contributed by atoms with van der Waals surface area (Å²) in [5, 5.41) is 3.17. The van der Waals surface area contributed by atoms with Crippen molar-refractivity contribution in [2.45, 2.75) is 13.2 Å². The molecule has 0 aromatic heterocycles. The average Bonchev–Trinajstić information content (AvgIpc) is 2.69. The number of guanidine groups is 1. The van der Waals surface area contributed by atoms with E-state index >= 15 is 0 Å². The monoisotopic (exact) mass is 370 g/mol. The predicted molar refractivity (Wildman–Crippen MR) is 112 cm³/mol. The van der Waals surface area contributed by atoms with Gasteiger partial charge < -0.3 is 20.7 Å². The molecule has 1 saturated heterocycles. The molecule has 3 rings (SSSR count). The number of nitrogens with zero attached hydrogens (tertiary/aromatic N) is 2. The summed E-state index contributed by atoms with van der Waals surface area (Å²) in [6.07, 6.45) is 0. The van der Waals surface area contributed by atoms with Gasteiger partial charge >= 0.3 is 0 Å². The Kier molecular flexibility index (Phi) is 6.80. The van der Waals surface area contributed by atoms with Crippen molar-refractivity contribution in [1.29, 1.82) is 0 Å². The molecule has 3 N–H and O–H groups in total. The van der Waals surface area contributed by atoms with Crippen LogP contribution in [0.25, 0.3) is 0 Å². The molecular formula is C20H26N4OS. The first-order valence-electron chi connectivity index (χ1n) is 8.81. The van der Waals surface area contributed by atoms with E-state index in [1.807, 2.05) is 36.0 Å². The maximum absolute atomic E-state index is 6.05. The summed E-state index contributed by atoms with van der Waals surface area (Å²) in [7, 11) is 1.68. The number of anilines is 2. The Hall–Kier alpha value is -2.18. The van der Waals surface area contributed by atoms with Crippen molar-refractivity contribution in [2.24, 2.45) is 10.7 Å². The molecule has 2 aromatic rings. The highest BCUT2D eigenvalue weighted by atomic mass is 32.2. The van der Waals surface area contributed by atoms with Gasteiger partial charge in [-0.25, -0.2) is 4.99 Å². The molecule has 26 heavy (non-hydrogen) atoms. The third-order valence-corrected chi connectivity index (χ3v) is 5.27. The first-order valence-corrected chi connectivity index (χ1v) is 9.97. The van der Waals surface area contributed by atoms with Gasteiger partial charge in [0.2, 0.25) is 0 Å². The van der Waals surface area contributed by atoms with E-state index < -0.39 is 0 Å². The van der Waals surface area contributed by atoms with E-state index in [-0.39, 0.29) is 0 Å². The molecule has 0 radical (unpaired) electrons. The van der Waals surface area contributed by atoms with E-state index in [2.05, 4.69) is 39.5 Å². The van der Waals surface area contributed by atoms with Gasteiger partial charge in [-0.2, -0.15) is 11.8 Å². The number of methoxy groups -OCH3 is 1. The van der Waals surface area contributed by atoms with E-state index in [9.17, 15) is 0 Å². The summed E-state index contributed by atoms with van der Waals surface area (Å²) in [6.45, 7) is 3.34. The lowest BCUT2D eigenvalue weighted by atomic mass is 10.2. The van der Waals surface area contributed by atoms with Crippen molar-refractivity contribution in [3.63, 3.8) is 0 Å².